The van der Waals surface area contributed by atoms with Crippen molar-refractivity contribution in [2.24, 2.45) is 5.92 Å². The second kappa shape index (κ2) is 6.78. The number of nitrogens with zero attached hydrogens (tertiary/aromatic N) is 3. The van der Waals surface area contributed by atoms with Gasteiger partial charge in [0, 0.05) is 45.1 Å². The fraction of sp³-hybridized carbons (Fsp3) is 0.750. The maximum Gasteiger partial charge on any atom is 0.417 e. The first-order valence-electron chi connectivity index (χ1n) is 8.50. The molecule has 0 radical (unpaired) electrons. The molecule has 3 aliphatic heterocycles. The van der Waals surface area contributed by atoms with Crippen molar-refractivity contribution in [2.45, 2.75) is 38.6 Å². The van der Waals surface area contributed by atoms with Gasteiger partial charge in [-0.3, -0.25) is 14.4 Å². The number of hydrogen-bond donors (Lipinski definition) is 0. The molecule has 132 valence electrons. The maximum absolute atomic E-state index is 12.6. The number of rotatable bonds is 2. The van der Waals surface area contributed by atoms with Crippen molar-refractivity contribution >= 4 is 23.8 Å². The third-order valence-electron chi connectivity index (χ3n) is 5.22. The second-order valence-electron chi connectivity index (χ2n) is 6.66. The fourth-order valence-corrected chi connectivity index (χ4v) is 3.76. The summed E-state index contributed by atoms with van der Waals surface area (Å²) >= 11 is 0. The summed E-state index contributed by atoms with van der Waals surface area (Å²) < 4.78 is 4.75. The molecule has 0 atom stereocenters. The highest BCUT2D eigenvalue weighted by Gasteiger charge is 2.39. The van der Waals surface area contributed by atoms with Gasteiger partial charge in [-0.05, 0) is 25.7 Å². The predicted octanol–water partition coefficient (Wildman–Crippen LogP) is 0.215. The summed E-state index contributed by atoms with van der Waals surface area (Å²) in [5.74, 6) is -0.132. The van der Waals surface area contributed by atoms with Gasteiger partial charge in [0.15, 0.2) is 6.61 Å². The molecule has 3 aliphatic rings. The van der Waals surface area contributed by atoms with E-state index in [1.54, 1.807) is 11.8 Å². The molecular weight excluding hydrogens is 314 g/mol. The number of piperidine rings is 2. The zero-order chi connectivity index (χ0) is 17.3. The fourth-order valence-electron chi connectivity index (χ4n) is 3.76. The Morgan fingerprint density at radius 1 is 0.958 bits per heavy atom. The summed E-state index contributed by atoms with van der Waals surface area (Å²) in [5, 5.41) is 0. The number of carbonyl (C=O) groups is 4. The van der Waals surface area contributed by atoms with E-state index in [4.69, 9.17) is 4.74 Å². The first-order valence-corrected chi connectivity index (χ1v) is 8.50. The number of likely N-dealkylation sites (tertiary alicyclic amines) is 2. The Hall–Kier alpha value is -2.12. The average Bonchev–Trinajstić information content (AvgIpc) is 2.93. The molecule has 3 heterocycles. The van der Waals surface area contributed by atoms with Crippen molar-refractivity contribution in [3.8, 4) is 0 Å². The second-order valence-corrected chi connectivity index (χ2v) is 6.66. The van der Waals surface area contributed by atoms with Crippen LogP contribution in [0.3, 0.4) is 0 Å². The third-order valence-corrected chi connectivity index (χ3v) is 5.22. The quantitative estimate of drug-likeness (QED) is 0.719. The molecule has 0 saturated carbocycles. The van der Waals surface area contributed by atoms with E-state index in [0.29, 0.717) is 51.9 Å². The molecule has 0 aliphatic carbocycles. The molecule has 8 heteroatoms. The molecule has 0 aromatic heterocycles. The summed E-state index contributed by atoms with van der Waals surface area (Å²) in [4.78, 5) is 52.1. The largest absolute Gasteiger partial charge is 0.439 e. The molecule has 8 nitrogen and oxygen atoms in total. The highest BCUT2D eigenvalue weighted by atomic mass is 16.6. The predicted molar refractivity (Wildman–Crippen MR) is 82.8 cm³/mol. The summed E-state index contributed by atoms with van der Waals surface area (Å²) in [6, 6.07) is -0.170. The average molecular weight is 337 g/mol. The molecule has 0 aromatic rings. The molecule has 3 rings (SSSR count). The molecular formula is C16H23N3O5. The zero-order valence-electron chi connectivity index (χ0n) is 13.9. The van der Waals surface area contributed by atoms with Gasteiger partial charge < -0.3 is 14.5 Å². The number of carbonyl (C=O) groups excluding carboxylic acids is 4. The van der Waals surface area contributed by atoms with Crippen LogP contribution in [0.5, 0.6) is 0 Å². The van der Waals surface area contributed by atoms with Gasteiger partial charge in [0.1, 0.15) is 0 Å². The molecule has 0 bridgehead atoms. The van der Waals surface area contributed by atoms with Crippen LogP contribution in [0.1, 0.15) is 32.6 Å². The highest BCUT2D eigenvalue weighted by Crippen LogP contribution is 2.25. The van der Waals surface area contributed by atoms with Gasteiger partial charge in [0.25, 0.3) is 5.91 Å². The van der Waals surface area contributed by atoms with E-state index < -0.39 is 6.09 Å². The van der Waals surface area contributed by atoms with Gasteiger partial charge in [-0.2, -0.15) is 0 Å². The molecule has 3 saturated heterocycles. The van der Waals surface area contributed by atoms with E-state index in [-0.39, 0.29) is 36.3 Å². The van der Waals surface area contributed by atoms with Crippen LogP contribution in [-0.2, 0) is 19.1 Å². The number of hydrogen-bond acceptors (Lipinski definition) is 5. The maximum atomic E-state index is 12.6. The highest BCUT2D eigenvalue weighted by molar-refractivity contribution is 5.98. The van der Waals surface area contributed by atoms with Crippen LogP contribution in [0.2, 0.25) is 0 Å². The van der Waals surface area contributed by atoms with Crippen molar-refractivity contribution < 1.29 is 23.9 Å². The molecule has 0 unspecified atom stereocenters. The van der Waals surface area contributed by atoms with Gasteiger partial charge in [0.05, 0.1) is 0 Å². The standard InChI is InChI=1S/C16H23N3O5/c1-11(20)17-6-2-12(3-7-17)15(22)18-8-4-13(5-9-18)19-14(21)10-24-16(19)23/h12-13H,2-10H2,1H3. The van der Waals surface area contributed by atoms with Crippen LogP contribution in [0.15, 0.2) is 0 Å². The lowest BCUT2D eigenvalue weighted by atomic mass is 9.93. The van der Waals surface area contributed by atoms with E-state index in [9.17, 15) is 19.2 Å². The normalized spacial score (nSPS) is 23.6. The Labute approximate surface area is 140 Å². The molecule has 24 heavy (non-hydrogen) atoms. The van der Waals surface area contributed by atoms with Crippen LogP contribution in [0.25, 0.3) is 0 Å². The summed E-state index contributed by atoms with van der Waals surface area (Å²) in [6.07, 6.45) is 2.03. The van der Waals surface area contributed by atoms with E-state index in [2.05, 4.69) is 0 Å². The lowest BCUT2D eigenvalue weighted by Gasteiger charge is -2.38. The minimum absolute atomic E-state index is 0.0319. The molecule has 3 fully saturated rings. The van der Waals surface area contributed by atoms with Gasteiger partial charge >= 0.3 is 6.09 Å². The number of cyclic esters (lactones) is 1. The van der Waals surface area contributed by atoms with Crippen molar-refractivity contribution in [1.29, 1.82) is 0 Å². The summed E-state index contributed by atoms with van der Waals surface area (Å²) in [7, 11) is 0. The minimum atomic E-state index is -0.568. The van der Waals surface area contributed by atoms with Crippen molar-refractivity contribution in [3.63, 3.8) is 0 Å². The topological polar surface area (TPSA) is 87.2 Å². The van der Waals surface area contributed by atoms with Crippen molar-refractivity contribution in [3.05, 3.63) is 0 Å². The van der Waals surface area contributed by atoms with Crippen LogP contribution >= 0.6 is 0 Å². The lowest BCUT2D eigenvalue weighted by Crippen LogP contribution is -2.50. The smallest absolute Gasteiger partial charge is 0.417 e. The zero-order valence-corrected chi connectivity index (χ0v) is 13.9. The monoisotopic (exact) mass is 337 g/mol. The number of ether oxygens (including phenoxy) is 1. The van der Waals surface area contributed by atoms with Crippen molar-refractivity contribution in [2.75, 3.05) is 32.8 Å². The minimum Gasteiger partial charge on any atom is -0.439 e. The van der Waals surface area contributed by atoms with Gasteiger partial charge in [0.2, 0.25) is 11.8 Å². The number of imide groups is 1. The van der Waals surface area contributed by atoms with Crippen LogP contribution < -0.4 is 0 Å². The van der Waals surface area contributed by atoms with E-state index in [1.807, 2.05) is 4.90 Å². The van der Waals surface area contributed by atoms with E-state index in [1.165, 1.54) is 4.90 Å². The van der Waals surface area contributed by atoms with E-state index >= 15 is 0 Å². The van der Waals surface area contributed by atoms with Crippen LogP contribution in [0.4, 0.5) is 4.79 Å². The Balaban J connectivity index is 1.50. The first kappa shape index (κ1) is 16.7. The van der Waals surface area contributed by atoms with Crippen molar-refractivity contribution in [1.82, 2.24) is 14.7 Å². The Bertz CT molecular complexity index is 532. The molecule has 0 aromatic carbocycles. The molecule has 0 spiro atoms. The SMILES string of the molecule is CC(=O)N1CCC(C(=O)N2CCC(N3C(=O)COC3=O)CC2)CC1. The molecule has 4 amide bonds. The van der Waals surface area contributed by atoms with Crippen LogP contribution in [-0.4, -0.2) is 77.3 Å². The summed E-state index contributed by atoms with van der Waals surface area (Å²) in [6.45, 7) is 3.75. The number of amides is 4. The third kappa shape index (κ3) is 3.22. The van der Waals surface area contributed by atoms with Gasteiger partial charge in [-0.1, -0.05) is 0 Å². The molecule has 0 N–H and O–H groups in total. The Morgan fingerprint density at radius 3 is 2.04 bits per heavy atom. The van der Waals surface area contributed by atoms with E-state index in [0.717, 1.165) is 0 Å². The first-order chi connectivity index (χ1) is 11.5. The van der Waals surface area contributed by atoms with Gasteiger partial charge in [-0.25, -0.2) is 9.69 Å². The lowest BCUT2D eigenvalue weighted by molar-refractivity contribution is -0.141. The Kier molecular flexibility index (Phi) is 4.73. The van der Waals surface area contributed by atoms with Crippen LogP contribution in [0, 0.1) is 5.92 Å². The Morgan fingerprint density at radius 2 is 1.54 bits per heavy atom. The van der Waals surface area contributed by atoms with Gasteiger partial charge in [-0.15, -0.1) is 0 Å². The summed E-state index contributed by atoms with van der Waals surface area (Å²) in [5.41, 5.74) is 0.